The molecule has 0 spiro atoms. The molecule has 0 aliphatic carbocycles. The number of benzene rings is 1. The van der Waals surface area contributed by atoms with Crippen LogP contribution in [0.3, 0.4) is 0 Å². The number of ketones is 1. The van der Waals surface area contributed by atoms with E-state index < -0.39 is 23.7 Å². The first-order valence-corrected chi connectivity index (χ1v) is 6.12. The lowest BCUT2D eigenvalue weighted by molar-refractivity contribution is -0.140. The number of aliphatic carboxylic acids is 1. The molecular weight excluding hydrogens is 284 g/mol. The van der Waals surface area contributed by atoms with Crippen LogP contribution in [0.25, 0.3) is 10.9 Å². The van der Waals surface area contributed by atoms with Gasteiger partial charge in [0.1, 0.15) is 6.04 Å². The summed E-state index contributed by atoms with van der Waals surface area (Å²) in [6.45, 7) is 1.28. The van der Waals surface area contributed by atoms with E-state index in [1.165, 1.54) is 13.1 Å². The van der Waals surface area contributed by atoms with E-state index in [4.69, 9.17) is 16.7 Å². The number of aromatic nitrogens is 1. The summed E-state index contributed by atoms with van der Waals surface area (Å²) in [5.41, 5.74) is 0.814. The van der Waals surface area contributed by atoms with Crippen LogP contribution >= 0.6 is 11.6 Å². The number of carboxylic acid groups (broad SMARTS) is 1. The number of amides is 1. The Morgan fingerprint density at radius 2 is 2.05 bits per heavy atom. The van der Waals surface area contributed by atoms with Crippen LogP contribution < -0.4 is 5.32 Å². The monoisotopic (exact) mass is 294 g/mol. The molecule has 2 aromatic rings. The quantitative estimate of drug-likeness (QED) is 0.589. The van der Waals surface area contributed by atoms with E-state index >= 15 is 0 Å². The van der Waals surface area contributed by atoms with Gasteiger partial charge < -0.3 is 15.4 Å². The Morgan fingerprint density at radius 1 is 1.35 bits per heavy atom. The highest BCUT2D eigenvalue weighted by Gasteiger charge is 2.23. The molecule has 0 aliphatic heterocycles. The molecule has 0 unspecified atom stereocenters. The van der Waals surface area contributed by atoms with Crippen LogP contribution in [-0.2, 0) is 9.59 Å². The van der Waals surface area contributed by atoms with Gasteiger partial charge in [0.25, 0.3) is 11.7 Å². The minimum Gasteiger partial charge on any atom is -0.480 e. The molecule has 20 heavy (non-hydrogen) atoms. The summed E-state index contributed by atoms with van der Waals surface area (Å²) in [6, 6.07) is 3.77. The average Bonchev–Trinajstić information content (AvgIpc) is 2.80. The van der Waals surface area contributed by atoms with Gasteiger partial charge in [-0.3, -0.25) is 14.4 Å². The first-order chi connectivity index (χ1) is 9.40. The Kier molecular flexibility index (Phi) is 3.76. The summed E-state index contributed by atoms with van der Waals surface area (Å²) in [7, 11) is 0. The van der Waals surface area contributed by atoms with Gasteiger partial charge in [-0.2, -0.15) is 0 Å². The largest absolute Gasteiger partial charge is 0.480 e. The van der Waals surface area contributed by atoms with Gasteiger partial charge in [0.15, 0.2) is 0 Å². The Balaban J connectivity index is 2.29. The topological polar surface area (TPSA) is 99.3 Å². The van der Waals surface area contributed by atoms with Gasteiger partial charge >= 0.3 is 5.97 Å². The zero-order chi connectivity index (χ0) is 14.9. The lowest BCUT2D eigenvalue weighted by Gasteiger charge is -2.07. The Hall–Kier alpha value is -2.34. The van der Waals surface area contributed by atoms with Gasteiger partial charge in [-0.1, -0.05) is 11.6 Å². The molecular formula is C13H11ClN2O4. The second-order valence-electron chi connectivity index (χ2n) is 4.25. The van der Waals surface area contributed by atoms with E-state index in [0.29, 0.717) is 15.9 Å². The van der Waals surface area contributed by atoms with Crippen LogP contribution in [0.15, 0.2) is 24.4 Å². The number of rotatable bonds is 4. The van der Waals surface area contributed by atoms with Crippen molar-refractivity contribution >= 4 is 40.2 Å². The van der Waals surface area contributed by atoms with Crippen molar-refractivity contribution in [3.05, 3.63) is 35.0 Å². The number of fused-ring (bicyclic) bond motifs is 1. The number of hydrogen-bond donors (Lipinski definition) is 3. The Bertz CT molecular complexity index is 707. The zero-order valence-electron chi connectivity index (χ0n) is 10.4. The maximum Gasteiger partial charge on any atom is 0.325 e. The highest BCUT2D eigenvalue weighted by Crippen LogP contribution is 2.22. The third-order valence-corrected chi connectivity index (χ3v) is 3.05. The molecule has 2 rings (SSSR count). The van der Waals surface area contributed by atoms with Gasteiger partial charge in [-0.15, -0.1) is 0 Å². The van der Waals surface area contributed by atoms with Crippen molar-refractivity contribution in [2.45, 2.75) is 13.0 Å². The van der Waals surface area contributed by atoms with Gasteiger partial charge in [0.05, 0.1) is 5.56 Å². The van der Waals surface area contributed by atoms with Crippen LogP contribution in [0.5, 0.6) is 0 Å². The minimum absolute atomic E-state index is 0.151. The number of carbonyl (C=O) groups is 3. The maximum absolute atomic E-state index is 12.0. The second-order valence-corrected chi connectivity index (χ2v) is 4.69. The third kappa shape index (κ3) is 2.65. The van der Waals surface area contributed by atoms with Crippen LogP contribution in [0.4, 0.5) is 0 Å². The molecule has 0 radical (unpaired) electrons. The van der Waals surface area contributed by atoms with Crippen LogP contribution in [0.2, 0.25) is 5.02 Å². The first-order valence-electron chi connectivity index (χ1n) is 5.75. The highest BCUT2D eigenvalue weighted by molar-refractivity contribution is 6.45. The number of aromatic amines is 1. The summed E-state index contributed by atoms with van der Waals surface area (Å²) in [4.78, 5) is 37.2. The molecule has 0 saturated heterocycles. The maximum atomic E-state index is 12.0. The average molecular weight is 295 g/mol. The molecule has 104 valence electrons. The third-order valence-electron chi connectivity index (χ3n) is 2.81. The summed E-state index contributed by atoms with van der Waals surface area (Å²) in [6.07, 6.45) is 1.40. The fourth-order valence-electron chi connectivity index (χ4n) is 1.73. The Labute approximate surface area is 118 Å². The van der Waals surface area contributed by atoms with Crippen molar-refractivity contribution in [3.63, 3.8) is 0 Å². The molecule has 1 aromatic carbocycles. The summed E-state index contributed by atoms with van der Waals surface area (Å²) >= 11 is 5.85. The van der Waals surface area contributed by atoms with Crippen molar-refractivity contribution in [2.24, 2.45) is 0 Å². The van der Waals surface area contributed by atoms with E-state index in [-0.39, 0.29) is 5.56 Å². The summed E-state index contributed by atoms with van der Waals surface area (Å²) < 4.78 is 0. The van der Waals surface area contributed by atoms with Crippen molar-refractivity contribution < 1.29 is 19.5 Å². The SMILES string of the molecule is C[C@@H](NC(=O)C(=O)c1c[nH]c2ccc(Cl)cc12)C(=O)O. The van der Waals surface area contributed by atoms with E-state index in [0.717, 1.165) is 0 Å². The number of carboxylic acids is 1. The number of Topliss-reactive ketones (excluding diaryl/α,β-unsaturated/α-hetero) is 1. The zero-order valence-corrected chi connectivity index (χ0v) is 11.2. The predicted molar refractivity (Wildman–Crippen MR) is 72.9 cm³/mol. The van der Waals surface area contributed by atoms with Crippen molar-refractivity contribution in [2.75, 3.05) is 0 Å². The predicted octanol–water partition coefficient (Wildman–Crippen LogP) is 1.59. The molecule has 1 atom stereocenters. The van der Waals surface area contributed by atoms with Crippen LogP contribution in [0, 0.1) is 0 Å². The standard InChI is InChI=1S/C13H11ClN2O4/c1-6(13(19)20)16-12(18)11(17)9-5-15-10-3-2-7(14)4-8(9)10/h2-6,15H,1H3,(H,16,18)(H,19,20)/t6-/m1/s1. The van der Waals surface area contributed by atoms with Crippen LogP contribution in [-0.4, -0.2) is 33.8 Å². The molecule has 1 heterocycles. The minimum atomic E-state index is -1.21. The van der Waals surface area contributed by atoms with Crippen molar-refractivity contribution in [1.82, 2.24) is 10.3 Å². The van der Waals surface area contributed by atoms with Crippen molar-refractivity contribution in [1.29, 1.82) is 0 Å². The molecule has 0 fully saturated rings. The number of H-pyrrole nitrogens is 1. The lowest BCUT2D eigenvalue weighted by atomic mass is 10.1. The fourth-order valence-corrected chi connectivity index (χ4v) is 1.90. The normalized spacial score (nSPS) is 12.1. The highest BCUT2D eigenvalue weighted by atomic mass is 35.5. The second kappa shape index (κ2) is 5.34. The molecule has 6 nitrogen and oxygen atoms in total. The number of nitrogens with one attached hydrogen (secondary N) is 2. The van der Waals surface area contributed by atoms with Crippen LogP contribution in [0.1, 0.15) is 17.3 Å². The number of hydrogen-bond acceptors (Lipinski definition) is 3. The molecule has 3 N–H and O–H groups in total. The fraction of sp³-hybridized carbons (Fsp3) is 0.154. The van der Waals surface area contributed by atoms with E-state index in [1.807, 2.05) is 0 Å². The van der Waals surface area contributed by atoms with E-state index in [2.05, 4.69) is 10.3 Å². The molecule has 1 aromatic heterocycles. The molecule has 0 bridgehead atoms. The number of carbonyl (C=O) groups excluding carboxylic acids is 2. The number of halogens is 1. The lowest BCUT2D eigenvalue weighted by Crippen LogP contribution is -2.41. The molecule has 1 amide bonds. The van der Waals surface area contributed by atoms with Gasteiger partial charge in [0, 0.05) is 22.1 Å². The van der Waals surface area contributed by atoms with E-state index in [1.54, 1.807) is 18.2 Å². The smallest absolute Gasteiger partial charge is 0.325 e. The van der Waals surface area contributed by atoms with Gasteiger partial charge in [-0.25, -0.2) is 0 Å². The van der Waals surface area contributed by atoms with Gasteiger partial charge in [-0.05, 0) is 25.1 Å². The van der Waals surface area contributed by atoms with Crippen molar-refractivity contribution in [3.8, 4) is 0 Å². The summed E-state index contributed by atoms with van der Waals surface area (Å²) in [5, 5.41) is 11.8. The first kappa shape index (κ1) is 14.1. The summed E-state index contributed by atoms with van der Waals surface area (Å²) in [5.74, 6) is -3.00. The molecule has 7 heteroatoms. The Morgan fingerprint density at radius 3 is 2.70 bits per heavy atom. The molecule has 0 saturated carbocycles. The molecule has 0 aliphatic rings. The van der Waals surface area contributed by atoms with Gasteiger partial charge in [0.2, 0.25) is 0 Å². The van der Waals surface area contributed by atoms with E-state index in [9.17, 15) is 14.4 Å².